The second-order valence-electron chi connectivity index (χ2n) is 8.02. The molecule has 0 aliphatic carbocycles. The van der Waals surface area contributed by atoms with Gasteiger partial charge in [-0.1, -0.05) is 100 Å². The van der Waals surface area contributed by atoms with E-state index in [9.17, 15) is 13.2 Å². The monoisotopic (exact) mass is 553 g/mol. The molecule has 1 aliphatic rings. The predicted octanol–water partition coefficient (Wildman–Crippen LogP) is 6.83. The van der Waals surface area contributed by atoms with Crippen LogP contribution in [0, 0.1) is 0 Å². The molecule has 0 fully saturated rings. The molecule has 0 saturated carbocycles. The van der Waals surface area contributed by atoms with Gasteiger partial charge in [0.25, 0.3) is 15.9 Å². The Morgan fingerprint density at radius 3 is 1.95 bits per heavy atom. The lowest BCUT2D eigenvalue weighted by Gasteiger charge is -1.97. The molecule has 2 aromatic rings. The van der Waals surface area contributed by atoms with Crippen molar-refractivity contribution in [2.45, 2.75) is 70.6 Å². The lowest BCUT2D eigenvalue weighted by Crippen LogP contribution is -2.20. The molecule has 8 heteroatoms. The molecular weight excluding hydrogens is 510 g/mol. The third kappa shape index (κ3) is 17.0. The van der Waals surface area contributed by atoms with Gasteiger partial charge in [-0.3, -0.25) is 4.79 Å². The number of alkyl halides is 1. The zero-order chi connectivity index (χ0) is 27.8. The molecule has 0 saturated heterocycles. The molecule has 0 spiro atoms. The average Bonchev–Trinajstić information content (AvgIpc) is 3.15. The highest BCUT2D eigenvalue weighted by molar-refractivity contribution is 7.90. The fraction of sp³-hybridized carbons (Fsp3) is 0.483. The highest BCUT2D eigenvalue weighted by atomic mass is 35.5. The van der Waals surface area contributed by atoms with Crippen molar-refractivity contribution in [3.8, 4) is 0 Å². The molecule has 3 rings (SSSR count). The van der Waals surface area contributed by atoms with Gasteiger partial charge in [0.05, 0.1) is 12.2 Å². The molecule has 37 heavy (non-hydrogen) atoms. The summed E-state index contributed by atoms with van der Waals surface area (Å²) in [7, 11) is -3.55. The molecule has 1 amide bonds. The average molecular weight is 554 g/mol. The minimum atomic E-state index is -3.55. The summed E-state index contributed by atoms with van der Waals surface area (Å²) in [6, 6.07) is 16.0. The molecule has 0 aromatic heterocycles. The van der Waals surface area contributed by atoms with Gasteiger partial charge in [0.1, 0.15) is 4.90 Å². The van der Waals surface area contributed by atoms with Crippen LogP contribution >= 0.6 is 11.6 Å². The summed E-state index contributed by atoms with van der Waals surface area (Å²) in [5.74, 6) is 0.291. The standard InChI is InChI=1S/C9H19Cl.C9H10O.C7H5NO3S.C4H10O/c1-2-3-4-5-6-7-8-9-10;10-8-4-7-9-5-2-1-3-6-9;9-7-5-3-1-2-4-6(5)12(10,11)8-7;1-3-5-4-2/h2-9H2,1H3;1-7,10H,8H2;1-4H,(H,8,9);3-4H2,1-2H3/b;7-4+;;. The van der Waals surface area contributed by atoms with Crippen LogP contribution in [0.5, 0.6) is 0 Å². The Morgan fingerprint density at radius 1 is 0.865 bits per heavy atom. The Bertz CT molecular complexity index is 955. The van der Waals surface area contributed by atoms with Gasteiger partial charge in [0, 0.05) is 19.1 Å². The van der Waals surface area contributed by atoms with Crippen molar-refractivity contribution in [3.63, 3.8) is 0 Å². The van der Waals surface area contributed by atoms with Crippen LogP contribution in [0.4, 0.5) is 0 Å². The van der Waals surface area contributed by atoms with Crippen LogP contribution in [0.1, 0.15) is 81.6 Å². The largest absolute Gasteiger partial charge is 0.392 e. The number of rotatable bonds is 11. The highest BCUT2D eigenvalue weighted by Crippen LogP contribution is 2.20. The van der Waals surface area contributed by atoms with Crippen molar-refractivity contribution < 1.29 is 23.1 Å². The Balaban J connectivity index is 0.000000486. The van der Waals surface area contributed by atoms with Crippen molar-refractivity contribution in [2.24, 2.45) is 0 Å². The van der Waals surface area contributed by atoms with Crippen molar-refractivity contribution in [2.75, 3.05) is 25.7 Å². The van der Waals surface area contributed by atoms with Crippen LogP contribution in [0.25, 0.3) is 6.08 Å². The van der Waals surface area contributed by atoms with Crippen molar-refractivity contribution in [3.05, 3.63) is 71.8 Å². The van der Waals surface area contributed by atoms with E-state index in [1.54, 1.807) is 18.2 Å². The molecule has 0 bridgehead atoms. The quantitative estimate of drug-likeness (QED) is 0.235. The number of amides is 1. The lowest BCUT2D eigenvalue weighted by molar-refractivity contribution is 0.0985. The maximum absolute atomic E-state index is 11.1. The fourth-order valence-corrected chi connectivity index (χ4v) is 4.49. The summed E-state index contributed by atoms with van der Waals surface area (Å²) in [5.41, 5.74) is 1.34. The zero-order valence-corrected chi connectivity index (χ0v) is 24.1. The van der Waals surface area contributed by atoms with Crippen LogP contribution in [-0.4, -0.2) is 45.1 Å². The number of carbonyl (C=O) groups is 1. The lowest BCUT2D eigenvalue weighted by atomic mass is 10.1. The molecule has 0 unspecified atom stereocenters. The van der Waals surface area contributed by atoms with Gasteiger partial charge in [0.2, 0.25) is 0 Å². The highest BCUT2D eigenvalue weighted by Gasteiger charge is 2.31. The third-order valence-corrected chi connectivity index (χ3v) is 6.67. The SMILES string of the molecule is CCCCCCCCCCl.CCOCC.O=C1NS(=O)(=O)c2ccccc21.OC/C=C/c1ccccc1. The topological polar surface area (TPSA) is 92.7 Å². The second kappa shape index (κ2) is 23.0. The number of halogens is 1. The van der Waals surface area contributed by atoms with Gasteiger partial charge >= 0.3 is 0 Å². The summed E-state index contributed by atoms with van der Waals surface area (Å²) < 4.78 is 29.0. The van der Waals surface area contributed by atoms with Gasteiger partial charge in [0.15, 0.2) is 0 Å². The number of aliphatic hydroxyl groups is 1. The number of carbonyl (C=O) groups excluding carboxylic acids is 1. The third-order valence-electron chi connectivity index (χ3n) is 5.01. The van der Waals surface area contributed by atoms with E-state index >= 15 is 0 Å². The van der Waals surface area contributed by atoms with Crippen LogP contribution in [0.2, 0.25) is 0 Å². The van der Waals surface area contributed by atoms with Crippen LogP contribution in [0.3, 0.4) is 0 Å². The fourth-order valence-electron chi connectivity index (χ4n) is 3.13. The maximum atomic E-state index is 11.1. The first-order valence-corrected chi connectivity index (χ1v) is 15.0. The number of ether oxygens (including phenoxy) is 1. The number of aliphatic hydroxyl groups excluding tert-OH is 1. The number of hydrogen-bond acceptors (Lipinski definition) is 5. The van der Waals surface area contributed by atoms with Gasteiger partial charge in [-0.25, -0.2) is 13.1 Å². The molecule has 208 valence electrons. The molecule has 1 heterocycles. The molecule has 0 atom stereocenters. The molecule has 1 aliphatic heterocycles. The number of nitrogens with one attached hydrogen (secondary N) is 1. The van der Waals surface area contributed by atoms with Crippen LogP contribution in [0.15, 0.2) is 65.6 Å². The maximum Gasteiger partial charge on any atom is 0.266 e. The first kappa shape index (κ1) is 34.8. The minimum Gasteiger partial charge on any atom is -0.392 e. The van der Waals surface area contributed by atoms with E-state index < -0.39 is 15.9 Å². The van der Waals surface area contributed by atoms with Crippen LogP contribution < -0.4 is 4.72 Å². The number of benzene rings is 2. The Morgan fingerprint density at radius 2 is 1.43 bits per heavy atom. The van der Waals surface area contributed by atoms with Gasteiger partial charge in [-0.2, -0.15) is 0 Å². The Hall–Kier alpha value is -2.19. The van der Waals surface area contributed by atoms with E-state index in [1.807, 2.05) is 55.0 Å². The van der Waals surface area contributed by atoms with Gasteiger partial charge in [-0.15, -0.1) is 11.6 Å². The van der Waals surface area contributed by atoms with Crippen molar-refractivity contribution in [1.29, 1.82) is 0 Å². The summed E-state index contributed by atoms with van der Waals surface area (Å²) in [5, 5.41) is 8.44. The molecule has 2 N–H and O–H groups in total. The van der Waals surface area contributed by atoms with E-state index in [-0.39, 0.29) is 17.1 Å². The molecule has 0 radical (unpaired) electrons. The zero-order valence-electron chi connectivity index (χ0n) is 22.5. The van der Waals surface area contributed by atoms with Crippen molar-refractivity contribution in [1.82, 2.24) is 4.72 Å². The van der Waals surface area contributed by atoms with Crippen molar-refractivity contribution >= 4 is 33.6 Å². The smallest absolute Gasteiger partial charge is 0.266 e. The summed E-state index contributed by atoms with van der Waals surface area (Å²) in [6.45, 7) is 8.02. The Labute approximate surface area is 229 Å². The number of hydrogen-bond donors (Lipinski definition) is 2. The molecule has 2 aromatic carbocycles. The van der Waals surface area contributed by atoms with E-state index in [0.29, 0.717) is 0 Å². The van der Waals surface area contributed by atoms with E-state index in [1.165, 1.54) is 57.1 Å². The first-order valence-electron chi connectivity index (χ1n) is 13.0. The second-order valence-corrected chi connectivity index (χ2v) is 10.0. The van der Waals surface area contributed by atoms with Crippen LogP contribution in [-0.2, 0) is 14.8 Å². The minimum absolute atomic E-state index is 0.0648. The first-order chi connectivity index (χ1) is 17.9. The number of sulfonamides is 1. The molecule has 6 nitrogen and oxygen atoms in total. The molecular formula is C29H44ClNO5S. The Kier molecular flexibility index (Phi) is 21.6. The summed E-state index contributed by atoms with van der Waals surface area (Å²) >= 11 is 5.54. The normalized spacial score (nSPS) is 12.7. The summed E-state index contributed by atoms with van der Waals surface area (Å²) in [4.78, 5) is 11.1. The predicted molar refractivity (Wildman–Crippen MR) is 155 cm³/mol. The summed E-state index contributed by atoms with van der Waals surface area (Å²) in [6.07, 6.45) is 13.1. The number of fused-ring (bicyclic) bond motifs is 1. The van der Waals surface area contributed by atoms with Gasteiger partial charge in [-0.05, 0) is 38.0 Å². The van der Waals surface area contributed by atoms with E-state index in [0.717, 1.165) is 24.7 Å². The number of unbranched alkanes of at least 4 members (excludes halogenated alkanes) is 6. The van der Waals surface area contributed by atoms with E-state index in [4.69, 9.17) is 21.4 Å². The van der Waals surface area contributed by atoms with Gasteiger partial charge < -0.3 is 9.84 Å². The van der Waals surface area contributed by atoms with E-state index in [2.05, 4.69) is 6.92 Å².